The van der Waals surface area contributed by atoms with E-state index in [2.05, 4.69) is 4.98 Å². The second-order valence-corrected chi connectivity index (χ2v) is 3.91. The van der Waals surface area contributed by atoms with E-state index in [1.807, 2.05) is 19.1 Å². The van der Waals surface area contributed by atoms with Crippen LogP contribution in [0.25, 0.3) is 0 Å². The molecule has 4 nitrogen and oxygen atoms in total. The molecule has 0 saturated carbocycles. The van der Waals surface area contributed by atoms with Crippen molar-refractivity contribution >= 4 is 17.1 Å². The van der Waals surface area contributed by atoms with Gasteiger partial charge in [-0.25, -0.2) is 0 Å². The molecule has 0 unspecified atom stereocenters. The Labute approximate surface area is 99.8 Å². The van der Waals surface area contributed by atoms with E-state index in [9.17, 15) is 0 Å². The smallest absolute Gasteiger partial charge is 0.0721 e. The highest BCUT2D eigenvalue weighted by Crippen LogP contribution is 2.19. The molecule has 1 aromatic heterocycles. The first-order chi connectivity index (χ1) is 8.08. The Bertz CT molecular complexity index is 558. The summed E-state index contributed by atoms with van der Waals surface area (Å²) in [6.45, 7) is 1.91. The van der Waals surface area contributed by atoms with Crippen LogP contribution in [0.15, 0.2) is 36.5 Å². The molecule has 2 aromatic rings. The van der Waals surface area contributed by atoms with E-state index >= 15 is 0 Å². The van der Waals surface area contributed by atoms with Crippen molar-refractivity contribution in [2.75, 3.05) is 11.5 Å². The Morgan fingerprint density at radius 1 is 1.18 bits per heavy atom. The molecule has 0 bridgehead atoms. The van der Waals surface area contributed by atoms with Gasteiger partial charge in [0, 0.05) is 34.4 Å². The topological polar surface area (TPSA) is 88.8 Å². The molecule has 0 atom stereocenters. The fraction of sp³-hybridized carbons (Fsp3) is 0.0769. The third kappa shape index (κ3) is 2.25. The molecule has 0 aliphatic rings. The van der Waals surface area contributed by atoms with E-state index in [1.54, 1.807) is 24.4 Å². The van der Waals surface area contributed by atoms with Gasteiger partial charge in [-0.1, -0.05) is 0 Å². The number of nitrogen functional groups attached to an aromatic ring is 2. The molecule has 0 aliphatic carbocycles. The average Bonchev–Trinajstić information content (AvgIpc) is 2.32. The number of nitrogens with two attached hydrogens (primary N) is 2. The highest BCUT2D eigenvalue weighted by atomic mass is 14.7. The molecule has 5 N–H and O–H groups in total. The summed E-state index contributed by atoms with van der Waals surface area (Å²) >= 11 is 0. The highest BCUT2D eigenvalue weighted by Gasteiger charge is 2.09. The molecule has 0 aliphatic heterocycles. The number of hydrogen-bond donors (Lipinski definition) is 3. The van der Waals surface area contributed by atoms with Crippen LogP contribution in [0.5, 0.6) is 0 Å². The van der Waals surface area contributed by atoms with Gasteiger partial charge >= 0.3 is 0 Å². The second kappa shape index (κ2) is 4.25. The van der Waals surface area contributed by atoms with E-state index in [1.165, 1.54) is 0 Å². The van der Waals surface area contributed by atoms with Crippen molar-refractivity contribution in [3.05, 3.63) is 53.3 Å². The van der Waals surface area contributed by atoms with Crippen molar-refractivity contribution in [2.24, 2.45) is 0 Å². The van der Waals surface area contributed by atoms with Gasteiger partial charge in [0.15, 0.2) is 0 Å². The lowest BCUT2D eigenvalue weighted by atomic mass is 10.0. The van der Waals surface area contributed by atoms with Crippen LogP contribution in [0, 0.1) is 12.3 Å². The summed E-state index contributed by atoms with van der Waals surface area (Å²) in [5.41, 5.74) is 15.3. The normalized spacial score (nSPS) is 10.2. The molecule has 0 amide bonds. The molecule has 0 saturated heterocycles. The summed E-state index contributed by atoms with van der Waals surface area (Å²) in [5.74, 6) is 0. The predicted octanol–water partition coefficient (Wildman–Crippen LogP) is 1.97. The SMILES string of the molecule is Cc1ccc(C(=N)c2cc(N)ccc2N)cn1. The van der Waals surface area contributed by atoms with Crippen molar-refractivity contribution in [1.82, 2.24) is 4.98 Å². The van der Waals surface area contributed by atoms with Gasteiger partial charge in [-0.05, 0) is 37.3 Å². The summed E-state index contributed by atoms with van der Waals surface area (Å²) in [6, 6.07) is 8.86. The zero-order valence-corrected chi connectivity index (χ0v) is 9.57. The number of nitrogens with zero attached hydrogens (tertiary/aromatic N) is 1. The van der Waals surface area contributed by atoms with Crippen LogP contribution in [0.4, 0.5) is 11.4 Å². The van der Waals surface area contributed by atoms with Crippen LogP contribution in [0.1, 0.15) is 16.8 Å². The number of aromatic nitrogens is 1. The van der Waals surface area contributed by atoms with E-state index in [-0.39, 0.29) is 0 Å². The lowest BCUT2D eigenvalue weighted by Gasteiger charge is -2.08. The zero-order chi connectivity index (χ0) is 12.4. The fourth-order valence-electron chi connectivity index (χ4n) is 1.56. The van der Waals surface area contributed by atoms with Gasteiger partial charge in [-0.3, -0.25) is 10.4 Å². The number of anilines is 2. The Morgan fingerprint density at radius 3 is 2.59 bits per heavy atom. The summed E-state index contributed by atoms with van der Waals surface area (Å²) in [4.78, 5) is 4.16. The number of aryl methyl sites for hydroxylation is 1. The highest BCUT2D eigenvalue weighted by molar-refractivity contribution is 6.14. The lowest BCUT2D eigenvalue weighted by Crippen LogP contribution is -2.06. The number of rotatable bonds is 2. The molecule has 4 heteroatoms. The largest absolute Gasteiger partial charge is 0.399 e. The molecular formula is C13H14N4. The Kier molecular flexibility index (Phi) is 2.78. The van der Waals surface area contributed by atoms with Gasteiger partial charge in [-0.15, -0.1) is 0 Å². The van der Waals surface area contributed by atoms with Crippen LogP contribution in [0.2, 0.25) is 0 Å². The van der Waals surface area contributed by atoms with Crippen LogP contribution >= 0.6 is 0 Å². The second-order valence-electron chi connectivity index (χ2n) is 3.91. The van der Waals surface area contributed by atoms with Crippen molar-refractivity contribution < 1.29 is 0 Å². The quantitative estimate of drug-likeness (QED) is 0.540. The monoisotopic (exact) mass is 226 g/mol. The van der Waals surface area contributed by atoms with Crippen LogP contribution < -0.4 is 11.5 Å². The number of hydrogen-bond acceptors (Lipinski definition) is 4. The summed E-state index contributed by atoms with van der Waals surface area (Å²) in [7, 11) is 0. The first-order valence-corrected chi connectivity index (χ1v) is 5.25. The third-order valence-electron chi connectivity index (χ3n) is 2.55. The van der Waals surface area contributed by atoms with Gasteiger partial charge in [0.2, 0.25) is 0 Å². The van der Waals surface area contributed by atoms with E-state index in [4.69, 9.17) is 16.9 Å². The Hall–Kier alpha value is -2.36. The molecule has 17 heavy (non-hydrogen) atoms. The fourth-order valence-corrected chi connectivity index (χ4v) is 1.56. The molecule has 0 fully saturated rings. The molecular weight excluding hydrogens is 212 g/mol. The molecule has 1 heterocycles. The lowest BCUT2D eigenvalue weighted by molar-refractivity contribution is 1.19. The zero-order valence-electron chi connectivity index (χ0n) is 9.57. The maximum Gasteiger partial charge on any atom is 0.0721 e. The number of pyridine rings is 1. The Morgan fingerprint density at radius 2 is 1.94 bits per heavy atom. The molecule has 1 aromatic carbocycles. The minimum absolute atomic E-state index is 0.335. The Balaban J connectivity index is 2.43. The van der Waals surface area contributed by atoms with Crippen LogP contribution in [0.3, 0.4) is 0 Å². The van der Waals surface area contributed by atoms with Crippen molar-refractivity contribution in [1.29, 1.82) is 5.41 Å². The van der Waals surface area contributed by atoms with Crippen LogP contribution in [-0.2, 0) is 0 Å². The molecule has 0 spiro atoms. The van der Waals surface area contributed by atoms with Crippen molar-refractivity contribution in [3.8, 4) is 0 Å². The van der Waals surface area contributed by atoms with E-state index < -0.39 is 0 Å². The molecule has 0 radical (unpaired) electrons. The van der Waals surface area contributed by atoms with Crippen molar-refractivity contribution in [2.45, 2.75) is 6.92 Å². The van der Waals surface area contributed by atoms with Gasteiger partial charge in [-0.2, -0.15) is 0 Å². The van der Waals surface area contributed by atoms with Gasteiger partial charge < -0.3 is 11.5 Å². The number of nitrogens with one attached hydrogen (secondary N) is 1. The van der Waals surface area contributed by atoms with E-state index in [0.717, 1.165) is 11.3 Å². The molecule has 86 valence electrons. The predicted molar refractivity (Wildman–Crippen MR) is 70.2 cm³/mol. The van der Waals surface area contributed by atoms with E-state index in [0.29, 0.717) is 22.6 Å². The molecule has 2 rings (SSSR count). The van der Waals surface area contributed by atoms with Crippen LogP contribution in [-0.4, -0.2) is 10.7 Å². The average molecular weight is 226 g/mol. The first-order valence-electron chi connectivity index (χ1n) is 5.25. The summed E-state index contributed by atoms with van der Waals surface area (Å²) < 4.78 is 0. The number of benzene rings is 1. The summed E-state index contributed by atoms with van der Waals surface area (Å²) in [6.07, 6.45) is 1.67. The van der Waals surface area contributed by atoms with Gasteiger partial charge in [0.05, 0.1) is 5.71 Å². The van der Waals surface area contributed by atoms with Gasteiger partial charge in [0.1, 0.15) is 0 Å². The van der Waals surface area contributed by atoms with Crippen molar-refractivity contribution in [3.63, 3.8) is 0 Å². The van der Waals surface area contributed by atoms with Gasteiger partial charge in [0.25, 0.3) is 0 Å². The minimum atomic E-state index is 0.335. The summed E-state index contributed by atoms with van der Waals surface area (Å²) in [5, 5.41) is 8.10. The maximum atomic E-state index is 8.10. The standard InChI is InChI=1S/C13H14N4/c1-8-2-3-9(7-17-8)13(16)11-6-10(14)4-5-12(11)15/h2-7,16H,14-15H2,1H3. The maximum absolute atomic E-state index is 8.10. The first kappa shape index (κ1) is 11.1. The minimum Gasteiger partial charge on any atom is -0.399 e. The third-order valence-corrected chi connectivity index (χ3v) is 2.55.